The Morgan fingerprint density at radius 3 is 2.76 bits per heavy atom. The summed E-state index contributed by atoms with van der Waals surface area (Å²) in [6, 6.07) is 2.11. The molecule has 1 saturated carbocycles. The van der Waals surface area contributed by atoms with E-state index in [0.29, 0.717) is 10.8 Å². The zero-order valence-electron chi connectivity index (χ0n) is 11.1. The van der Waals surface area contributed by atoms with Crippen LogP contribution >= 0.6 is 0 Å². The molecule has 0 spiro atoms. The van der Waals surface area contributed by atoms with Gasteiger partial charge in [-0.05, 0) is 47.6 Å². The van der Waals surface area contributed by atoms with Gasteiger partial charge in [0, 0.05) is 5.56 Å². The summed E-state index contributed by atoms with van der Waals surface area (Å²) in [5.41, 5.74) is 3.68. The molecule has 1 heteroatoms. The first-order valence-electron chi connectivity index (χ1n) is 6.77. The van der Waals surface area contributed by atoms with E-state index >= 15 is 0 Å². The van der Waals surface area contributed by atoms with Crippen molar-refractivity contribution in [2.24, 2.45) is 16.7 Å². The van der Waals surface area contributed by atoms with Crippen molar-refractivity contribution < 1.29 is 4.42 Å². The molecule has 0 aliphatic heterocycles. The van der Waals surface area contributed by atoms with Gasteiger partial charge in [-0.15, -0.1) is 0 Å². The molecular weight excluding hydrogens is 208 g/mol. The summed E-state index contributed by atoms with van der Waals surface area (Å²) in [5.74, 6) is 0.800. The number of furan rings is 1. The van der Waals surface area contributed by atoms with E-state index in [0.717, 1.165) is 5.92 Å². The lowest BCUT2D eigenvalue weighted by Crippen LogP contribution is -2.39. The van der Waals surface area contributed by atoms with E-state index < -0.39 is 0 Å². The van der Waals surface area contributed by atoms with E-state index in [1.807, 2.05) is 6.26 Å². The molecule has 1 fully saturated rings. The monoisotopic (exact) mass is 230 g/mol. The fourth-order valence-corrected chi connectivity index (χ4v) is 4.36. The highest BCUT2D eigenvalue weighted by atomic mass is 16.3. The van der Waals surface area contributed by atoms with Crippen LogP contribution in [0.4, 0.5) is 0 Å². The zero-order valence-corrected chi connectivity index (χ0v) is 11.1. The van der Waals surface area contributed by atoms with Crippen LogP contribution in [0.15, 0.2) is 29.1 Å². The maximum Gasteiger partial charge on any atom is 0.0977 e. The summed E-state index contributed by atoms with van der Waals surface area (Å²) in [5, 5.41) is 0. The molecule has 0 saturated heterocycles. The molecule has 1 heterocycles. The predicted octanol–water partition coefficient (Wildman–Crippen LogP) is 4.90. The Bertz CT molecular complexity index is 438. The van der Waals surface area contributed by atoms with E-state index in [1.165, 1.54) is 36.8 Å². The lowest BCUT2D eigenvalue weighted by Gasteiger charge is -2.48. The lowest BCUT2D eigenvalue weighted by molar-refractivity contribution is 0.0539. The molecule has 17 heavy (non-hydrogen) atoms. The Morgan fingerprint density at radius 1 is 1.24 bits per heavy atom. The smallest absolute Gasteiger partial charge is 0.0977 e. The molecule has 2 atom stereocenters. The summed E-state index contributed by atoms with van der Waals surface area (Å²) in [6.07, 6.45) is 11.5. The van der Waals surface area contributed by atoms with Gasteiger partial charge in [0.05, 0.1) is 12.5 Å². The average Bonchev–Trinajstić information content (AvgIpc) is 2.83. The molecule has 0 bridgehead atoms. The minimum Gasteiger partial charge on any atom is -0.472 e. The molecule has 0 unspecified atom stereocenters. The largest absolute Gasteiger partial charge is 0.472 e. The zero-order chi connectivity index (χ0) is 12.1. The molecule has 2 aliphatic rings. The van der Waals surface area contributed by atoms with Gasteiger partial charge in [-0.3, -0.25) is 0 Å². The number of rotatable bonds is 1. The van der Waals surface area contributed by atoms with Gasteiger partial charge in [-0.1, -0.05) is 33.3 Å². The Morgan fingerprint density at radius 2 is 2.06 bits per heavy atom. The lowest BCUT2D eigenvalue weighted by atomic mass is 9.56. The van der Waals surface area contributed by atoms with Crippen molar-refractivity contribution in [3.8, 4) is 0 Å². The van der Waals surface area contributed by atoms with Crippen molar-refractivity contribution in [3.63, 3.8) is 0 Å². The van der Waals surface area contributed by atoms with Crippen molar-refractivity contribution in [2.75, 3.05) is 0 Å². The van der Waals surface area contributed by atoms with Crippen LogP contribution in [0.2, 0.25) is 0 Å². The summed E-state index contributed by atoms with van der Waals surface area (Å²) in [4.78, 5) is 0. The molecule has 1 aromatic rings. The molecule has 0 N–H and O–H groups in total. The third kappa shape index (κ3) is 1.51. The second-order valence-electron chi connectivity index (χ2n) is 6.68. The molecule has 0 aromatic carbocycles. The maximum absolute atomic E-state index is 5.26. The maximum atomic E-state index is 5.26. The van der Waals surface area contributed by atoms with E-state index in [9.17, 15) is 0 Å². The van der Waals surface area contributed by atoms with Gasteiger partial charge in [0.15, 0.2) is 0 Å². The number of hydrogen-bond acceptors (Lipinski definition) is 1. The quantitative estimate of drug-likeness (QED) is 0.669. The van der Waals surface area contributed by atoms with Crippen molar-refractivity contribution in [1.29, 1.82) is 0 Å². The third-order valence-corrected chi connectivity index (χ3v) is 5.23. The Balaban J connectivity index is 2.00. The standard InChI is InChI=1S/C16H22O/c1-15(2)8-4-9-16(3)13(5-6-14(15)16)12-7-10-17-11-12/h5,7,10-11,14H,4,6,8-9H2,1-3H3/t14-,16-/m0/s1. The van der Waals surface area contributed by atoms with Crippen LogP contribution < -0.4 is 0 Å². The fraction of sp³-hybridized carbons (Fsp3) is 0.625. The van der Waals surface area contributed by atoms with Crippen LogP contribution in [-0.4, -0.2) is 0 Å². The Hall–Kier alpha value is -0.980. The second-order valence-corrected chi connectivity index (χ2v) is 6.68. The summed E-state index contributed by atoms with van der Waals surface area (Å²) in [6.45, 7) is 7.35. The summed E-state index contributed by atoms with van der Waals surface area (Å²) in [7, 11) is 0. The van der Waals surface area contributed by atoms with E-state index in [4.69, 9.17) is 4.42 Å². The van der Waals surface area contributed by atoms with Gasteiger partial charge in [0.25, 0.3) is 0 Å². The van der Waals surface area contributed by atoms with Crippen LogP contribution in [0.25, 0.3) is 5.57 Å². The second kappa shape index (κ2) is 3.51. The van der Waals surface area contributed by atoms with Crippen LogP contribution in [0.5, 0.6) is 0 Å². The van der Waals surface area contributed by atoms with Gasteiger partial charge in [0.2, 0.25) is 0 Å². The van der Waals surface area contributed by atoms with Gasteiger partial charge in [-0.2, -0.15) is 0 Å². The molecule has 92 valence electrons. The Kier molecular flexibility index (Phi) is 2.30. The van der Waals surface area contributed by atoms with E-state index in [2.05, 4.69) is 32.9 Å². The molecule has 1 nitrogen and oxygen atoms in total. The number of fused-ring (bicyclic) bond motifs is 1. The fourth-order valence-electron chi connectivity index (χ4n) is 4.36. The highest BCUT2D eigenvalue weighted by molar-refractivity contribution is 5.72. The third-order valence-electron chi connectivity index (χ3n) is 5.23. The molecule has 3 rings (SSSR count). The van der Waals surface area contributed by atoms with E-state index in [1.54, 1.807) is 6.26 Å². The highest BCUT2D eigenvalue weighted by Crippen LogP contribution is 2.61. The molecule has 2 aliphatic carbocycles. The van der Waals surface area contributed by atoms with Crippen molar-refractivity contribution in [2.45, 2.75) is 46.5 Å². The predicted molar refractivity (Wildman–Crippen MR) is 70.5 cm³/mol. The van der Waals surface area contributed by atoms with Crippen LogP contribution in [0, 0.1) is 16.7 Å². The van der Waals surface area contributed by atoms with Gasteiger partial charge in [0.1, 0.15) is 0 Å². The van der Waals surface area contributed by atoms with Crippen molar-refractivity contribution >= 4 is 5.57 Å². The Labute approximate surface area is 104 Å². The first kappa shape index (κ1) is 11.1. The van der Waals surface area contributed by atoms with Gasteiger partial charge < -0.3 is 4.42 Å². The van der Waals surface area contributed by atoms with Crippen LogP contribution in [0.1, 0.15) is 52.0 Å². The number of hydrogen-bond donors (Lipinski definition) is 0. The molecule has 0 radical (unpaired) electrons. The molecule has 0 amide bonds. The molecular formula is C16H22O. The van der Waals surface area contributed by atoms with Crippen LogP contribution in [-0.2, 0) is 0 Å². The first-order valence-corrected chi connectivity index (χ1v) is 6.77. The number of allylic oxidation sites excluding steroid dienone is 2. The van der Waals surface area contributed by atoms with Crippen LogP contribution in [0.3, 0.4) is 0 Å². The van der Waals surface area contributed by atoms with Gasteiger partial charge in [-0.25, -0.2) is 0 Å². The summed E-state index contributed by atoms with van der Waals surface area (Å²) < 4.78 is 5.26. The normalized spacial score (nSPS) is 35.5. The first-order chi connectivity index (χ1) is 8.04. The summed E-state index contributed by atoms with van der Waals surface area (Å²) >= 11 is 0. The minimum atomic E-state index is 0.367. The van der Waals surface area contributed by atoms with Gasteiger partial charge >= 0.3 is 0 Å². The SMILES string of the molecule is CC1(C)CCC[C@@]2(C)C(c3ccoc3)=CC[C@@H]12. The van der Waals surface area contributed by atoms with Crippen molar-refractivity contribution in [1.82, 2.24) is 0 Å². The molecule has 1 aromatic heterocycles. The average molecular weight is 230 g/mol. The van der Waals surface area contributed by atoms with Crippen molar-refractivity contribution in [3.05, 3.63) is 30.2 Å². The highest BCUT2D eigenvalue weighted by Gasteiger charge is 2.50. The van der Waals surface area contributed by atoms with E-state index in [-0.39, 0.29) is 0 Å². The minimum absolute atomic E-state index is 0.367. The topological polar surface area (TPSA) is 13.1 Å².